The fraction of sp³-hybridized carbons (Fsp3) is 0.414. The molecule has 2 bridgehead atoms. The van der Waals surface area contributed by atoms with Gasteiger partial charge < -0.3 is 19.4 Å². The van der Waals surface area contributed by atoms with Gasteiger partial charge in [0.05, 0.1) is 16.8 Å². The number of hydrogen-bond donors (Lipinski definition) is 1. The molecule has 2 aromatic carbocycles. The Labute approximate surface area is 225 Å². The van der Waals surface area contributed by atoms with E-state index in [-0.39, 0.29) is 24.5 Å². The normalized spacial score (nSPS) is 21.2. The van der Waals surface area contributed by atoms with Crippen LogP contribution in [0.5, 0.6) is 10.9 Å². The van der Waals surface area contributed by atoms with Crippen molar-refractivity contribution in [2.45, 2.75) is 64.2 Å². The number of nitrogens with zero attached hydrogens (tertiary/aromatic N) is 3. The molecule has 8 nitrogen and oxygen atoms in total. The highest BCUT2D eigenvalue weighted by Gasteiger charge is 2.43. The first-order chi connectivity index (χ1) is 18.5. The first-order valence-corrected chi connectivity index (χ1v) is 14.1. The maximum absolute atomic E-state index is 12.4. The monoisotopic (exact) mass is 532 g/mol. The van der Waals surface area contributed by atoms with Gasteiger partial charge in [0, 0.05) is 54.8 Å². The third kappa shape index (κ3) is 4.88. The predicted octanol–water partition coefficient (Wildman–Crippen LogP) is 5.48. The Hall–Kier alpha value is -3.43. The number of amides is 1. The number of carbonyl (C=O) groups excluding carboxylic acids is 2. The van der Waals surface area contributed by atoms with Gasteiger partial charge in [-0.2, -0.15) is 0 Å². The van der Waals surface area contributed by atoms with Gasteiger partial charge in [-0.15, -0.1) is 0 Å². The van der Waals surface area contributed by atoms with Gasteiger partial charge in [0.25, 0.3) is 5.19 Å². The Kier molecular flexibility index (Phi) is 6.80. The molecule has 0 unspecified atom stereocenters. The zero-order valence-electron chi connectivity index (χ0n) is 21.7. The number of para-hydroxylation sites is 1. The molecule has 2 aliphatic heterocycles. The van der Waals surface area contributed by atoms with Crippen LogP contribution in [0, 0.1) is 0 Å². The molecule has 3 atom stereocenters. The van der Waals surface area contributed by atoms with Crippen molar-refractivity contribution in [3.63, 3.8) is 0 Å². The van der Waals surface area contributed by atoms with E-state index in [2.05, 4.69) is 27.1 Å². The maximum atomic E-state index is 12.4. The van der Waals surface area contributed by atoms with Crippen LogP contribution in [0.2, 0.25) is 0 Å². The van der Waals surface area contributed by atoms with E-state index in [0.29, 0.717) is 23.9 Å². The van der Waals surface area contributed by atoms with Crippen LogP contribution in [-0.2, 0) is 20.9 Å². The molecule has 0 radical (unpaired) electrons. The molecule has 38 heavy (non-hydrogen) atoms. The topological polar surface area (TPSA) is 87.8 Å². The molecule has 0 saturated carbocycles. The second-order valence-corrected chi connectivity index (χ2v) is 11.2. The minimum atomic E-state index is -0.331. The average Bonchev–Trinajstić information content (AvgIpc) is 3.55. The second-order valence-electron chi connectivity index (χ2n) is 10.2. The zero-order chi connectivity index (χ0) is 26.2. The quantitative estimate of drug-likeness (QED) is 0.303. The molecule has 4 heterocycles. The molecule has 1 N–H and O–H groups in total. The fourth-order valence-corrected chi connectivity index (χ4v) is 6.99. The van der Waals surface area contributed by atoms with Crippen molar-refractivity contribution < 1.29 is 19.1 Å². The van der Waals surface area contributed by atoms with Crippen LogP contribution >= 0.6 is 11.3 Å². The number of carbonyl (C=O) groups is 2. The lowest BCUT2D eigenvalue weighted by atomic mass is 9.95. The summed E-state index contributed by atoms with van der Waals surface area (Å²) in [5.74, 6) is 0.371. The zero-order valence-corrected chi connectivity index (χ0v) is 22.5. The van der Waals surface area contributed by atoms with E-state index in [1.807, 2.05) is 36.4 Å². The van der Waals surface area contributed by atoms with Crippen molar-refractivity contribution in [1.29, 1.82) is 0 Å². The van der Waals surface area contributed by atoms with Gasteiger partial charge >= 0.3 is 5.97 Å². The highest BCUT2D eigenvalue weighted by molar-refractivity contribution is 7.20. The third-order valence-corrected chi connectivity index (χ3v) is 8.80. The van der Waals surface area contributed by atoms with E-state index in [9.17, 15) is 9.59 Å². The fourth-order valence-electron chi connectivity index (χ4n) is 6.15. The second kappa shape index (κ2) is 10.4. The Morgan fingerprint density at radius 3 is 2.68 bits per heavy atom. The molecule has 2 aromatic heterocycles. The molecule has 0 aliphatic carbocycles. The van der Waals surface area contributed by atoms with E-state index in [0.717, 1.165) is 53.7 Å². The number of hydrogen-bond acceptors (Lipinski definition) is 7. The van der Waals surface area contributed by atoms with Gasteiger partial charge in [0.2, 0.25) is 5.91 Å². The molecule has 2 aliphatic rings. The van der Waals surface area contributed by atoms with Gasteiger partial charge in [-0.3, -0.25) is 14.5 Å². The summed E-state index contributed by atoms with van der Waals surface area (Å²) in [4.78, 5) is 36.8. The molecule has 2 saturated heterocycles. The van der Waals surface area contributed by atoms with Crippen LogP contribution < -0.4 is 4.74 Å². The van der Waals surface area contributed by atoms with Crippen molar-refractivity contribution in [2.75, 3.05) is 13.2 Å². The third-order valence-electron chi connectivity index (χ3n) is 7.88. The predicted molar refractivity (Wildman–Crippen MR) is 147 cm³/mol. The summed E-state index contributed by atoms with van der Waals surface area (Å²) >= 11 is 1.54. The minimum Gasteiger partial charge on any atom is -0.465 e. The average molecular weight is 533 g/mol. The molecule has 6 rings (SSSR count). The summed E-state index contributed by atoms with van der Waals surface area (Å²) in [5, 5.41) is 1.83. The summed E-state index contributed by atoms with van der Waals surface area (Å²) in [5.41, 5.74) is 3.25. The lowest BCUT2D eigenvalue weighted by Crippen LogP contribution is -2.52. The largest absolute Gasteiger partial charge is 0.465 e. The van der Waals surface area contributed by atoms with E-state index in [1.54, 1.807) is 30.1 Å². The van der Waals surface area contributed by atoms with E-state index >= 15 is 0 Å². The number of H-pyrrole nitrogens is 1. The smallest absolute Gasteiger partial charge is 0.325 e. The summed E-state index contributed by atoms with van der Waals surface area (Å²) in [6.45, 7) is 4.56. The van der Waals surface area contributed by atoms with Crippen molar-refractivity contribution >= 4 is 44.3 Å². The van der Waals surface area contributed by atoms with Gasteiger partial charge in [-0.1, -0.05) is 23.5 Å². The molecule has 198 valence electrons. The Morgan fingerprint density at radius 1 is 1.16 bits per heavy atom. The molecule has 1 amide bonds. The molecule has 9 heteroatoms. The summed E-state index contributed by atoms with van der Waals surface area (Å²) in [6.07, 6.45) is 6.11. The standard InChI is InChI=1S/C29H32N4O4S/c1-3-36-28(35)17-32(18(2)34)22-12-20-8-9-21(13-22)33(20)16-19-15-30-26-14-23(10-11-24(19)26)37-29-31-25-6-4-5-7-27(25)38-29/h4-7,10-11,14-15,20-22,30H,3,8-9,12-13,16-17H2,1-2H3/t20-,21+,22+. The van der Waals surface area contributed by atoms with Crippen molar-refractivity contribution in [1.82, 2.24) is 19.8 Å². The van der Waals surface area contributed by atoms with Crippen molar-refractivity contribution in [2.24, 2.45) is 0 Å². The number of piperidine rings is 1. The van der Waals surface area contributed by atoms with Crippen LogP contribution in [0.15, 0.2) is 48.7 Å². The molecule has 2 fully saturated rings. The Morgan fingerprint density at radius 2 is 1.95 bits per heavy atom. The number of aromatic nitrogens is 2. The molecule has 4 aromatic rings. The van der Waals surface area contributed by atoms with Crippen LogP contribution in [0.3, 0.4) is 0 Å². The first kappa shape index (κ1) is 24.9. The summed E-state index contributed by atoms with van der Waals surface area (Å²) in [6, 6.07) is 15.1. The van der Waals surface area contributed by atoms with E-state index < -0.39 is 0 Å². The summed E-state index contributed by atoms with van der Waals surface area (Å²) in [7, 11) is 0. The number of nitrogens with one attached hydrogen (secondary N) is 1. The SMILES string of the molecule is CCOC(=O)CN(C(C)=O)[C@H]1C[C@H]2CC[C@@H](C1)N2Cc1c[nH]c2cc(Oc3nc4ccccc4s3)ccc12. The van der Waals surface area contributed by atoms with Gasteiger partial charge in [0.1, 0.15) is 12.3 Å². The number of rotatable bonds is 8. The van der Waals surface area contributed by atoms with Crippen LogP contribution in [-0.4, -0.2) is 62.9 Å². The Balaban J connectivity index is 1.14. The van der Waals surface area contributed by atoms with Gasteiger partial charge in [0.15, 0.2) is 0 Å². The number of ether oxygens (including phenoxy) is 2. The van der Waals surface area contributed by atoms with E-state index in [4.69, 9.17) is 9.47 Å². The summed E-state index contributed by atoms with van der Waals surface area (Å²) < 4.78 is 12.3. The number of esters is 1. The molecular weight excluding hydrogens is 500 g/mol. The number of benzene rings is 2. The number of aromatic amines is 1. The van der Waals surface area contributed by atoms with Crippen molar-refractivity contribution in [3.05, 3.63) is 54.2 Å². The first-order valence-electron chi connectivity index (χ1n) is 13.3. The number of thiazole rings is 1. The van der Waals surface area contributed by atoms with Gasteiger partial charge in [-0.05, 0) is 62.4 Å². The lowest BCUT2D eigenvalue weighted by molar-refractivity contribution is -0.150. The van der Waals surface area contributed by atoms with Crippen LogP contribution in [0.4, 0.5) is 0 Å². The van der Waals surface area contributed by atoms with Crippen molar-refractivity contribution in [3.8, 4) is 10.9 Å². The maximum Gasteiger partial charge on any atom is 0.325 e. The molecule has 0 spiro atoms. The van der Waals surface area contributed by atoms with E-state index in [1.165, 1.54) is 10.9 Å². The Bertz CT molecular complexity index is 1430. The van der Waals surface area contributed by atoms with Crippen LogP contribution in [0.1, 0.15) is 45.1 Å². The molecular formula is C29H32N4O4S. The van der Waals surface area contributed by atoms with Crippen LogP contribution in [0.25, 0.3) is 21.1 Å². The van der Waals surface area contributed by atoms with Gasteiger partial charge in [-0.25, -0.2) is 4.98 Å². The highest BCUT2D eigenvalue weighted by atomic mass is 32.1. The highest BCUT2D eigenvalue weighted by Crippen LogP contribution is 2.40. The minimum absolute atomic E-state index is 0.0388. The lowest BCUT2D eigenvalue weighted by Gasteiger charge is -2.42. The number of fused-ring (bicyclic) bond motifs is 4.